The van der Waals surface area contributed by atoms with Crippen molar-refractivity contribution in [2.45, 2.75) is 38.8 Å². The molecular weight excluding hydrogens is 231 g/mol. The smallest absolute Gasteiger partial charge is 0.123 e. The van der Waals surface area contributed by atoms with Crippen LogP contribution in [-0.2, 0) is 11.2 Å². The molecule has 1 saturated heterocycles. The average molecular weight is 252 g/mol. The van der Waals surface area contributed by atoms with Gasteiger partial charge in [-0.15, -0.1) is 0 Å². The first kappa shape index (κ1) is 13.5. The normalized spacial score (nSPS) is 25.3. The van der Waals surface area contributed by atoms with Gasteiger partial charge in [-0.25, -0.2) is 4.39 Å². The Labute approximate surface area is 107 Å². The van der Waals surface area contributed by atoms with Gasteiger partial charge in [-0.05, 0) is 48.9 Å². The number of nitrogens with two attached hydrogens (primary N) is 1. The third-order valence-corrected chi connectivity index (χ3v) is 3.81. The molecular formula is C14H21FN2O. The molecule has 4 heteroatoms. The predicted molar refractivity (Wildman–Crippen MR) is 69.5 cm³/mol. The lowest BCUT2D eigenvalue weighted by Gasteiger charge is -2.26. The number of hydrogen-bond donors (Lipinski definition) is 2. The van der Waals surface area contributed by atoms with E-state index < -0.39 is 0 Å². The van der Waals surface area contributed by atoms with Crippen LogP contribution in [0.15, 0.2) is 18.2 Å². The molecule has 1 heterocycles. The van der Waals surface area contributed by atoms with Crippen LogP contribution in [0.5, 0.6) is 0 Å². The van der Waals surface area contributed by atoms with Crippen molar-refractivity contribution in [1.82, 2.24) is 5.43 Å². The summed E-state index contributed by atoms with van der Waals surface area (Å²) in [5, 5.41) is 0. The first-order chi connectivity index (χ1) is 8.61. The molecule has 100 valence electrons. The van der Waals surface area contributed by atoms with Crippen LogP contribution in [0.2, 0.25) is 0 Å². The quantitative estimate of drug-likeness (QED) is 0.636. The van der Waals surface area contributed by atoms with Crippen LogP contribution in [0, 0.1) is 18.7 Å². The van der Waals surface area contributed by atoms with Gasteiger partial charge in [-0.1, -0.05) is 13.0 Å². The molecule has 1 aromatic carbocycles. The van der Waals surface area contributed by atoms with E-state index >= 15 is 0 Å². The van der Waals surface area contributed by atoms with E-state index in [1.807, 2.05) is 6.92 Å². The van der Waals surface area contributed by atoms with Gasteiger partial charge in [0.05, 0.1) is 12.1 Å². The van der Waals surface area contributed by atoms with E-state index in [4.69, 9.17) is 10.6 Å². The van der Waals surface area contributed by atoms with Crippen molar-refractivity contribution in [3.63, 3.8) is 0 Å². The Morgan fingerprint density at radius 3 is 2.94 bits per heavy atom. The van der Waals surface area contributed by atoms with Crippen LogP contribution in [0.1, 0.15) is 24.5 Å². The Morgan fingerprint density at radius 1 is 1.56 bits per heavy atom. The van der Waals surface area contributed by atoms with Gasteiger partial charge in [0.2, 0.25) is 0 Å². The summed E-state index contributed by atoms with van der Waals surface area (Å²) >= 11 is 0. The van der Waals surface area contributed by atoms with Crippen molar-refractivity contribution in [3.8, 4) is 0 Å². The second-order valence-electron chi connectivity index (χ2n) is 5.15. The summed E-state index contributed by atoms with van der Waals surface area (Å²) in [7, 11) is 0. The Balaban J connectivity index is 2.12. The SMILES string of the molecule is Cc1ccc(F)cc1CC(NN)C1OCCC1C. The minimum atomic E-state index is -0.202. The molecule has 1 aromatic rings. The van der Waals surface area contributed by atoms with Crippen LogP contribution >= 0.6 is 0 Å². The van der Waals surface area contributed by atoms with Crippen molar-refractivity contribution in [3.05, 3.63) is 35.1 Å². The minimum Gasteiger partial charge on any atom is -0.376 e. The van der Waals surface area contributed by atoms with E-state index in [-0.39, 0.29) is 18.0 Å². The number of hydrazine groups is 1. The largest absolute Gasteiger partial charge is 0.376 e. The Morgan fingerprint density at radius 2 is 2.33 bits per heavy atom. The molecule has 0 spiro atoms. The molecule has 1 aliphatic rings. The Kier molecular flexibility index (Phi) is 4.32. The monoisotopic (exact) mass is 252 g/mol. The van der Waals surface area contributed by atoms with Crippen molar-refractivity contribution < 1.29 is 9.13 Å². The maximum atomic E-state index is 13.3. The molecule has 3 N–H and O–H groups in total. The molecule has 1 aliphatic heterocycles. The third-order valence-electron chi connectivity index (χ3n) is 3.81. The van der Waals surface area contributed by atoms with E-state index in [1.54, 1.807) is 12.1 Å². The zero-order chi connectivity index (χ0) is 13.1. The number of ether oxygens (including phenoxy) is 1. The topological polar surface area (TPSA) is 47.3 Å². The summed E-state index contributed by atoms with van der Waals surface area (Å²) in [5.74, 6) is 5.91. The lowest BCUT2D eigenvalue weighted by molar-refractivity contribution is 0.0610. The van der Waals surface area contributed by atoms with E-state index in [0.717, 1.165) is 24.2 Å². The van der Waals surface area contributed by atoms with Crippen molar-refractivity contribution in [2.24, 2.45) is 11.8 Å². The lowest BCUT2D eigenvalue weighted by atomic mass is 9.92. The summed E-state index contributed by atoms with van der Waals surface area (Å²) in [6, 6.07) is 4.90. The van der Waals surface area contributed by atoms with Crippen LogP contribution in [0.4, 0.5) is 4.39 Å². The zero-order valence-corrected chi connectivity index (χ0v) is 10.9. The van der Waals surface area contributed by atoms with Gasteiger partial charge in [0.25, 0.3) is 0 Å². The number of hydrogen-bond acceptors (Lipinski definition) is 3. The Hall–Kier alpha value is -0.970. The number of benzene rings is 1. The van der Waals surface area contributed by atoms with E-state index in [2.05, 4.69) is 12.3 Å². The van der Waals surface area contributed by atoms with Gasteiger partial charge in [0.15, 0.2) is 0 Å². The maximum absolute atomic E-state index is 13.3. The summed E-state index contributed by atoms with van der Waals surface area (Å²) in [6.45, 7) is 4.94. The fraction of sp³-hybridized carbons (Fsp3) is 0.571. The fourth-order valence-electron chi connectivity index (χ4n) is 2.60. The van der Waals surface area contributed by atoms with Crippen molar-refractivity contribution in [1.29, 1.82) is 0 Å². The van der Waals surface area contributed by atoms with E-state index in [0.29, 0.717) is 12.3 Å². The van der Waals surface area contributed by atoms with Gasteiger partial charge >= 0.3 is 0 Å². The van der Waals surface area contributed by atoms with E-state index in [9.17, 15) is 4.39 Å². The molecule has 1 fully saturated rings. The van der Waals surface area contributed by atoms with Crippen LogP contribution in [0.3, 0.4) is 0 Å². The third kappa shape index (κ3) is 2.88. The number of halogens is 1. The number of rotatable bonds is 4. The molecule has 3 nitrogen and oxygen atoms in total. The highest BCUT2D eigenvalue weighted by Gasteiger charge is 2.31. The average Bonchev–Trinajstić information content (AvgIpc) is 2.77. The fourth-order valence-corrected chi connectivity index (χ4v) is 2.60. The molecule has 3 unspecified atom stereocenters. The van der Waals surface area contributed by atoms with Crippen LogP contribution in [0.25, 0.3) is 0 Å². The van der Waals surface area contributed by atoms with Gasteiger partial charge in [-0.3, -0.25) is 11.3 Å². The standard InChI is InChI=1S/C14H21FN2O/c1-9-3-4-12(15)7-11(9)8-13(17-16)14-10(2)5-6-18-14/h3-4,7,10,13-14,17H,5-6,8,16H2,1-2H3. The highest BCUT2D eigenvalue weighted by Crippen LogP contribution is 2.25. The number of nitrogens with one attached hydrogen (secondary N) is 1. The first-order valence-corrected chi connectivity index (χ1v) is 6.44. The molecule has 3 atom stereocenters. The van der Waals surface area contributed by atoms with E-state index in [1.165, 1.54) is 6.07 Å². The molecule has 0 saturated carbocycles. The minimum absolute atomic E-state index is 0.0306. The molecule has 0 aromatic heterocycles. The van der Waals surface area contributed by atoms with Crippen molar-refractivity contribution >= 4 is 0 Å². The Bertz CT molecular complexity index is 411. The maximum Gasteiger partial charge on any atom is 0.123 e. The first-order valence-electron chi connectivity index (χ1n) is 6.44. The molecule has 0 aliphatic carbocycles. The molecule has 2 rings (SSSR count). The summed E-state index contributed by atoms with van der Waals surface area (Å²) in [6.07, 6.45) is 1.86. The lowest BCUT2D eigenvalue weighted by Crippen LogP contribution is -2.47. The molecule has 18 heavy (non-hydrogen) atoms. The second kappa shape index (κ2) is 5.78. The van der Waals surface area contributed by atoms with Gasteiger partial charge in [-0.2, -0.15) is 0 Å². The van der Waals surface area contributed by atoms with Crippen molar-refractivity contribution in [2.75, 3.05) is 6.61 Å². The molecule has 0 amide bonds. The molecule has 0 bridgehead atoms. The van der Waals surface area contributed by atoms with Gasteiger partial charge < -0.3 is 4.74 Å². The predicted octanol–water partition coefficient (Wildman–Crippen LogP) is 1.93. The summed E-state index contributed by atoms with van der Waals surface area (Å²) in [5.41, 5.74) is 4.89. The van der Waals surface area contributed by atoms with Crippen LogP contribution < -0.4 is 11.3 Å². The second-order valence-corrected chi connectivity index (χ2v) is 5.15. The summed E-state index contributed by atoms with van der Waals surface area (Å²) < 4.78 is 19.0. The number of aryl methyl sites for hydroxylation is 1. The summed E-state index contributed by atoms with van der Waals surface area (Å²) in [4.78, 5) is 0. The molecule has 0 radical (unpaired) electrons. The van der Waals surface area contributed by atoms with Gasteiger partial charge in [0, 0.05) is 6.61 Å². The van der Waals surface area contributed by atoms with Crippen LogP contribution in [-0.4, -0.2) is 18.8 Å². The highest BCUT2D eigenvalue weighted by molar-refractivity contribution is 5.27. The zero-order valence-electron chi connectivity index (χ0n) is 10.9. The van der Waals surface area contributed by atoms with Gasteiger partial charge in [0.1, 0.15) is 5.82 Å². The highest BCUT2D eigenvalue weighted by atomic mass is 19.1.